The number of benzene rings is 2. The molecular formula is C29H36N2O3. The van der Waals surface area contributed by atoms with E-state index in [1.54, 1.807) is 11.0 Å². The molecule has 4 unspecified atom stereocenters. The van der Waals surface area contributed by atoms with Crippen molar-refractivity contribution in [3.63, 3.8) is 0 Å². The van der Waals surface area contributed by atoms with Gasteiger partial charge >= 0.3 is 0 Å². The molecule has 4 rings (SSSR count). The Morgan fingerprint density at radius 2 is 1.74 bits per heavy atom. The van der Waals surface area contributed by atoms with Gasteiger partial charge in [-0.05, 0) is 54.7 Å². The van der Waals surface area contributed by atoms with Crippen molar-refractivity contribution in [1.82, 2.24) is 10.2 Å². The molecule has 0 bridgehead atoms. The van der Waals surface area contributed by atoms with E-state index >= 15 is 0 Å². The number of ether oxygens (including phenoxy) is 1. The third kappa shape index (κ3) is 5.52. The molecule has 2 fully saturated rings. The minimum atomic E-state index is -0.206. The van der Waals surface area contributed by atoms with Gasteiger partial charge in [-0.2, -0.15) is 0 Å². The number of amides is 2. The van der Waals surface area contributed by atoms with Crippen LogP contribution in [0.15, 0.2) is 66.4 Å². The Hall–Kier alpha value is -3.08. The summed E-state index contributed by atoms with van der Waals surface area (Å²) in [5.74, 6) is 0.439. The largest absolute Gasteiger partial charge is 0.482 e. The maximum atomic E-state index is 13.6. The Balaban J connectivity index is 1.56. The van der Waals surface area contributed by atoms with E-state index in [0.29, 0.717) is 11.7 Å². The average Bonchev–Trinajstić information content (AvgIpc) is 2.82. The molecule has 2 aliphatic rings. The van der Waals surface area contributed by atoms with Gasteiger partial charge in [-0.3, -0.25) is 9.59 Å². The van der Waals surface area contributed by atoms with Gasteiger partial charge in [0.1, 0.15) is 12.6 Å². The Morgan fingerprint density at radius 3 is 2.38 bits per heavy atom. The van der Waals surface area contributed by atoms with E-state index < -0.39 is 0 Å². The van der Waals surface area contributed by atoms with Gasteiger partial charge in [0.15, 0.2) is 5.76 Å². The van der Waals surface area contributed by atoms with Crippen LogP contribution in [-0.2, 0) is 14.3 Å². The first kappa shape index (κ1) is 24.1. The fraction of sp³-hybridized carbons (Fsp3) is 0.448. The van der Waals surface area contributed by atoms with E-state index in [9.17, 15) is 9.59 Å². The molecule has 1 heterocycles. The molecule has 1 aliphatic carbocycles. The molecule has 180 valence electrons. The second kappa shape index (κ2) is 10.0. The van der Waals surface area contributed by atoms with Crippen LogP contribution in [-0.4, -0.2) is 35.4 Å². The first-order chi connectivity index (χ1) is 16.2. The van der Waals surface area contributed by atoms with Crippen molar-refractivity contribution in [2.75, 3.05) is 6.54 Å². The summed E-state index contributed by atoms with van der Waals surface area (Å²) in [6, 6.07) is 19.4. The highest BCUT2D eigenvalue weighted by Gasteiger charge is 2.46. The minimum absolute atomic E-state index is 0.0313. The molecule has 4 atom stereocenters. The predicted molar refractivity (Wildman–Crippen MR) is 135 cm³/mol. The van der Waals surface area contributed by atoms with Gasteiger partial charge in [0, 0.05) is 0 Å². The SMILES string of the molecule is CC(NC(=O)CN1C(=O)/C(=C/c2ccccc2)OC2CCC(C(C)(C)C)CC21)c1ccccc1. The molecule has 34 heavy (non-hydrogen) atoms. The molecule has 2 amide bonds. The second-order valence-electron chi connectivity index (χ2n) is 10.7. The van der Waals surface area contributed by atoms with Crippen LogP contribution in [0.1, 0.15) is 64.1 Å². The highest BCUT2D eigenvalue weighted by molar-refractivity contribution is 5.98. The Morgan fingerprint density at radius 1 is 1.09 bits per heavy atom. The van der Waals surface area contributed by atoms with Gasteiger partial charge in [-0.1, -0.05) is 81.4 Å². The molecule has 1 saturated heterocycles. The summed E-state index contributed by atoms with van der Waals surface area (Å²) in [6.45, 7) is 8.76. The lowest BCUT2D eigenvalue weighted by molar-refractivity contribution is -0.154. The monoisotopic (exact) mass is 460 g/mol. The van der Waals surface area contributed by atoms with Crippen molar-refractivity contribution in [2.24, 2.45) is 11.3 Å². The number of rotatable bonds is 5. The van der Waals surface area contributed by atoms with Crippen LogP contribution in [0.25, 0.3) is 6.08 Å². The lowest BCUT2D eigenvalue weighted by Crippen LogP contribution is -2.58. The van der Waals surface area contributed by atoms with Crippen molar-refractivity contribution in [1.29, 1.82) is 0 Å². The lowest BCUT2D eigenvalue weighted by Gasteiger charge is -2.48. The Labute approximate surface area is 203 Å². The van der Waals surface area contributed by atoms with Crippen molar-refractivity contribution < 1.29 is 14.3 Å². The van der Waals surface area contributed by atoms with Gasteiger partial charge in [-0.15, -0.1) is 0 Å². The maximum Gasteiger partial charge on any atom is 0.289 e. The number of morpholine rings is 1. The van der Waals surface area contributed by atoms with Gasteiger partial charge in [-0.25, -0.2) is 0 Å². The van der Waals surface area contributed by atoms with E-state index in [-0.39, 0.29) is 42.0 Å². The van der Waals surface area contributed by atoms with Crippen molar-refractivity contribution in [3.8, 4) is 0 Å². The van der Waals surface area contributed by atoms with Crippen LogP contribution in [0.2, 0.25) is 0 Å². The fourth-order valence-electron chi connectivity index (χ4n) is 5.13. The van der Waals surface area contributed by atoms with Gasteiger partial charge in [0.2, 0.25) is 5.91 Å². The van der Waals surface area contributed by atoms with Crippen LogP contribution in [0.5, 0.6) is 0 Å². The van der Waals surface area contributed by atoms with Gasteiger partial charge in [0.05, 0.1) is 12.1 Å². The second-order valence-corrected chi connectivity index (χ2v) is 10.7. The number of carbonyl (C=O) groups excluding carboxylic acids is 2. The smallest absolute Gasteiger partial charge is 0.289 e. The summed E-state index contributed by atoms with van der Waals surface area (Å²) in [6.07, 6.45) is 4.49. The van der Waals surface area contributed by atoms with Crippen molar-refractivity contribution in [3.05, 3.63) is 77.5 Å². The van der Waals surface area contributed by atoms with E-state index in [0.717, 1.165) is 30.4 Å². The van der Waals surface area contributed by atoms with Crippen molar-refractivity contribution >= 4 is 17.9 Å². The van der Waals surface area contributed by atoms with Crippen LogP contribution in [0.4, 0.5) is 0 Å². The summed E-state index contributed by atoms with van der Waals surface area (Å²) >= 11 is 0. The average molecular weight is 461 g/mol. The minimum Gasteiger partial charge on any atom is -0.482 e. The summed E-state index contributed by atoms with van der Waals surface area (Å²) in [5, 5.41) is 3.07. The number of nitrogens with one attached hydrogen (secondary N) is 1. The van der Waals surface area contributed by atoms with E-state index in [4.69, 9.17) is 4.74 Å². The van der Waals surface area contributed by atoms with Gasteiger partial charge in [0.25, 0.3) is 5.91 Å². The first-order valence-electron chi connectivity index (χ1n) is 12.3. The molecule has 2 aromatic rings. The summed E-state index contributed by atoms with van der Waals surface area (Å²) in [4.78, 5) is 28.4. The quantitative estimate of drug-likeness (QED) is 0.612. The van der Waals surface area contributed by atoms with E-state index in [1.165, 1.54) is 0 Å². The van der Waals surface area contributed by atoms with Crippen LogP contribution < -0.4 is 5.32 Å². The molecule has 5 nitrogen and oxygen atoms in total. The molecule has 0 radical (unpaired) electrons. The highest BCUT2D eigenvalue weighted by Crippen LogP contribution is 2.42. The zero-order valence-corrected chi connectivity index (χ0v) is 20.7. The van der Waals surface area contributed by atoms with Gasteiger partial charge < -0.3 is 15.0 Å². The van der Waals surface area contributed by atoms with Crippen LogP contribution in [0.3, 0.4) is 0 Å². The lowest BCUT2D eigenvalue weighted by atomic mass is 9.69. The number of hydrogen-bond acceptors (Lipinski definition) is 3. The molecule has 1 saturated carbocycles. The van der Waals surface area contributed by atoms with E-state index in [2.05, 4.69) is 26.1 Å². The summed E-state index contributed by atoms with van der Waals surface area (Å²) < 4.78 is 6.27. The number of fused-ring (bicyclic) bond motifs is 1. The van der Waals surface area contributed by atoms with Crippen LogP contribution in [0, 0.1) is 11.3 Å². The summed E-state index contributed by atoms with van der Waals surface area (Å²) in [7, 11) is 0. The predicted octanol–water partition coefficient (Wildman–Crippen LogP) is 5.35. The molecule has 1 N–H and O–H groups in total. The molecule has 1 aliphatic heterocycles. The van der Waals surface area contributed by atoms with Crippen LogP contribution >= 0.6 is 0 Å². The standard InChI is InChI=1S/C29H36N2O3/c1-20(22-13-9-6-10-14-22)30-27(32)19-31-24-18-23(29(2,3)4)15-16-25(24)34-26(28(31)33)17-21-11-7-5-8-12-21/h5-14,17,20,23-25H,15-16,18-19H2,1-4H3,(H,30,32)/b26-17-. The first-order valence-corrected chi connectivity index (χ1v) is 12.3. The highest BCUT2D eigenvalue weighted by atomic mass is 16.5. The normalized spacial score (nSPS) is 24.8. The zero-order chi connectivity index (χ0) is 24.3. The molecule has 0 aromatic heterocycles. The molecule has 0 spiro atoms. The number of hydrogen-bond donors (Lipinski definition) is 1. The Kier molecular flexibility index (Phi) is 7.11. The topological polar surface area (TPSA) is 58.6 Å². The molecule has 2 aromatic carbocycles. The van der Waals surface area contributed by atoms with E-state index in [1.807, 2.05) is 67.6 Å². The maximum absolute atomic E-state index is 13.6. The summed E-state index contributed by atoms with van der Waals surface area (Å²) in [5.41, 5.74) is 2.09. The molecular weight excluding hydrogens is 424 g/mol. The third-order valence-electron chi connectivity index (χ3n) is 7.22. The fourth-order valence-corrected chi connectivity index (χ4v) is 5.13. The third-order valence-corrected chi connectivity index (χ3v) is 7.22. The number of carbonyl (C=O) groups is 2. The number of nitrogens with zero attached hydrogens (tertiary/aromatic N) is 1. The molecule has 5 heteroatoms. The zero-order valence-electron chi connectivity index (χ0n) is 20.7. The Bertz CT molecular complexity index is 1030. The van der Waals surface area contributed by atoms with Crippen molar-refractivity contribution in [2.45, 2.75) is 65.1 Å².